The van der Waals surface area contributed by atoms with Gasteiger partial charge in [-0.15, -0.1) is 0 Å². The Bertz CT molecular complexity index is 1080. The topological polar surface area (TPSA) is 95.9 Å². The molecule has 0 radical (unpaired) electrons. The molecule has 0 aliphatic rings. The zero-order chi connectivity index (χ0) is 45.9. The average molecular weight is 884 g/mol. The lowest BCUT2D eigenvalue weighted by molar-refractivity contribution is -0.151. The van der Waals surface area contributed by atoms with Gasteiger partial charge in [0, 0.05) is 6.42 Å². The van der Waals surface area contributed by atoms with E-state index in [1.165, 1.54) is 154 Å². The molecular formula is C57H105NO5. The monoisotopic (exact) mass is 884 g/mol. The van der Waals surface area contributed by atoms with Gasteiger partial charge in [0.25, 0.3) is 0 Å². The third-order valence-corrected chi connectivity index (χ3v) is 12.4. The Kier molecular flexibility index (Phi) is 49.1. The average Bonchev–Trinajstić information content (AvgIpc) is 3.28. The summed E-state index contributed by atoms with van der Waals surface area (Å²) >= 11 is 0. The van der Waals surface area contributed by atoms with Gasteiger partial charge < -0.3 is 20.3 Å². The van der Waals surface area contributed by atoms with Crippen LogP contribution in [0.15, 0.2) is 48.6 Å². The number of hydrogen-bond donors (Lipinski definition) is 3. The molecule has 0 aliphatic heterocycles. The largest absolute Gasteiger partial charge is 0.462 e. The van der Waals surface area contributed by atoms with E-state index in [1.54, 1.807) is 0 Å². The van der Waals surface area contributed by atoms with E-state index < -0.39 is 18.2 Å². The lowest BCUT2D eigenvalue weighted by Gasteiger charge is -2.24. The molecule has 0 rings (SSSR count). The lowest BCUT2D eigenvalue weighted by atomic mass is 10.0. The van der Waals surface area contributed by atoms with Crippen molar-refractivity contribution in [1.82, 2.24) is 5.32 Å². The summed E-state index contributed by atoms with van der Waals surface area (Å²) < 4.78 is 5.93. The van der Waals surface area contributed by atoms with Crippen LogP contribution in [0.4, 0.5) is 0 Å². The number of hydrogen-bond acceptors (Lipinski definition) is 5. The van der Waals surface area contributed by atoms with Crippen molar-refractivity contribution in [2.75, 3.05) is 6.61 Å². The molecule has 368 valence electrons. The fourth-order valence-electron chi connectivity index (χ4n) is 8.20. The number of ether oxygens (including phenoxy) is 1. The van der Waals surface area contributed by atoms with Gasteiger partial charge in [0.2, 0.25) is 5.91 Å². The number of carbonyl (C=O) groups is 2. The number of amides is 1. The Morgan fingerprint density at radius 3 is 1.29 bits per heavy atom. The number of nitrogens with one attached hydrogen (secondary N) is 1. The van der Waals surface area contributed by atoms with Crippen LogP contribution in [-0.4, -0.2) is 46.9 Å². The third-order valence-electron chi connectivity index (χ3n) is 12.4. The highest BCUT2D eigenvalue weighted by molar-refractivity contribution is 5.77. The maximum atomic E-state index is 13.2. The minimum Gasteiger partial charge on any atom is -0.462 e. The minimum absolute atomic E-state index is 0.0495. The highest BCUT2D eigenvalue weighted by Crippen LogP contribution is 2.17. The number of allylic oxidation sites excluding steroid dienone is 8. The van der Waals surface area contributed by atoms with E-state index in [0.29, 0.717) is 19.3 Å². The van der Waals surface area contributed by atoms with Crippen molar-refractivity contribution < 1.29 is 24.5 Å². The fourth-order valence-corrected chi connectivity index (χ4v) is 8.20. The Labute approximate surface area is 391 Å². The van der Waals surface area contributed by atoms with Crippen molar-refractivity contribution in [2.45, 2.75) is 296 Å². The van der Waals surface area contributed by atoms with Crippen molar-refractivity contribution >= 4 is 11.9 Å². The Hall–Kier alpha value is -2.18. The zero-order valence-corrected chi connectivity index (χ0v) is 42.0. The van der Waals surface area contributed by atoms with Crippen LogP contribution in [0.2, 0.25) is 0 Å². The SMILES string of the molecule is CCCCC/C=C\C/C=C\C/C=C\CCCCC(CC(=O)NC(CO)C(O)CCCCCCCCCCCCCCC)OC(=O)CCCCCCC/C=C/CCCCCCCCC. The number of unbranched alkanes of at least 4 members (excludes halogenated alkanes) is 29. The summed E-state index contributed by atoms with van der Waals surface area (Å²) in [5, 5.41) is 23.8. The van der Waals surface area contributed by atoms with Crippen LogP contribution in [0.5, 0.6) is 0 Å². The van der Waals surface area contributed by atoms with Crippen LogP contribution in [0, 0.1) is 0 Å². The summed E-state index contributed by atoms with van der Waals surface area (Å²) in [6.45, 7) is 6.45. The van der Waals surface area contributed by atoms with Crippen molar-refractivity contribution in [3.05, 3.63) is 48.6 Å². The molecule has 0 saturated heterocycles. The van der Waals surface area contributed by atoms with E-state index in [0.717, 1.165) is 77.0 Å². The van der Waals surface area contributed by atoms with E-state index in [4.69, 9.17) is 4.74 Å². The van der Waals surface area contributed by atoms with Gasteiger partial charge in [-0.05, 0) is 89.9 Å². The van der Waals surface area contributed by atoms with Crippen LogP contribution < -0.4 is 5.32 Å². The van der Waals surface area contributed by atoms with Crippen molar-refractivity contribution in [1.29, 1.82) is 0 Å². The second kappa shape index (κ2) is 50.8. The predicted octanol–water partition coefficient (Wildman–Crippen LogP) is 16.6. The molecule has 0 aromatic carbocycles. The van der Waals surface area contributed by atoms with E-state index in [-0.39, 0.29) is 24.9 Å². The number of aliphatic hydroxyl groups is 2. The minimum atomic E-state index is -0.799. The molecule has 3 unspecified atom stereocenters. The van der Waals surface area contributed by atoms with Crippen molar-refractivity contribution in [3.63, 3.8) is 0 Å². The number of carbonyl (C=O) groups excluding carboxylic acids is 2. The highest BCUT2D eigenvalue weighted by Gasteiger charge is 2.24. The predicted molar refractivity (Wildman–Crippen MR) is 273 cm³/mol. The van der Waals surface area contributed by atoms with Gasteiger partial charge in [0.1, 0.15) is 6.10 Å². The van der Waals surface area contributed by atoms with Crippen molar-refractivity contribution in [3.8, 4) is 0 Å². The highest BCUT2D eigenvalue weighted by atomic mass is 16.5. The summed E-state index contributed by atoms with van der Waals surface area (Å²) in [6, 6.07) is -0.715. The molecule has 6 nitrogen and oxygen atoms in total. The summed E-state index contributed by atoms with van der Waals surface area (Å²) in [5.41, 5.74) is 0. The molecule has 0 saturated carbocycles. The molecular weight excluding hydrogens is 779 g/mol. The number of aliphatic hydroxyl groups excluding tert-OH is 2. The summed E-state index contributed by atoms with van der Waals surface area (Å²) in [4.78, 5) is 26.2. The van der Waals surface area contributed by atoms with Gasteiger partial charge in [-0.2, -0.15) is 0 Å². The molecule has 0 fully saturated rings. The van der Waals surface area contributed by atoms with Crippen LogP contribution in [0.25, 0.3) is 0 Å². The van der Waals surface area contributed by atoms with Crippen LogP contribution in [0.3, 0.4) is 0 Å². The molecule has 0 aromatic rings. The maximum absolute atomic E-state index is 13.2. The smallest absolute Gasteiger partial charge is 0.306 e. The first-order chi connectivity index (χ1) is 31.0. The molecule has 0 spiro atoms. The second-order valence-corrected chi connectivity index (χ2v) is 18.6. The van der Waals surface area contributed by atoms with Crippen LogP contribution >= 0.6 is 0 Å². The lowest BCUT2D eigenvalue weighted by Crippen LogP contribution is -2.46. The van der Waals surface area contributed by atoms with Gasteiger partial charge in [-0.1, -0.05) is 223 Å². The molecule has 3 atom stereocenters. The van der Waals surface area contributed by atoms with E-state index >= 15 is 0 Å². The summed E-state index contributed by atoms with van der Waals surface area (Å²) in [6.07, 6.45) is 61.7. The van der Waals surface area contributed by atoms with Crippen LogP contribution in [-0.2, 0) is 14.3 Å². The van der Waals surface area contributed by atoms with Gasteiger partial charge in [-0.3, -0.25) is 9.59 Å². The molecule has 6 heteroatoms. The molecule has 0 heterocycles. The van der Waals surface area contributed by atoms with Crippen LogP contribution in [0.1, 0.15) is 278 Å². The zero-order valence-electron chi connectivity index (χ0n) is 42.0. The maximum Gasteiger partial charge on any atom is 0.306 e. The van der Waals surface area contributed by atoms with Gasteiger partial charge >= 0.3 is 5.97 Å². The molecule has 0 aliphatic carbocycles. The Morgan fingerprint density at radius 1 is 0.460 bits per heavy atom. The van der Waals surface area contributed by atoms with Gasteiger partial charge in [0.15, 0.2) is 0 Å². The number of rotatable bonds is 49. The Morgan fingerprint density at radius 2 is 0.810 bits per heavy atom. The first-order valence-electron chi connectivity index (χ1n) is 27.4. The third kappa shape index (κ3) is 46.2. The molecule has 1 amide bonds. The first-order valence-corrected chi connectivity index (χ1v) is 27.4. The molecule has 0 bridgehead atoms. The van der Waals surface area contributed by atoms with Gasteiger partial charge in [0.05, 0.1) is 25.2 Å². The van der Waals surface area contributed by atoms with E-state index in [2.05, 4.69) is 74.7 Å². The summed E-state index contributed by atoms with van der Waals surface area (Å²) in [7, 11) is 0. The van der Waals surface area contributed by atoms with E-state index in [1.807, 2.05) is 0 Å². The molecule has 3 N–H and O–H groups in total. The first kappa shape index (κ1) is 60.8. The molecule has 0 aromatic heterocycles. The standard InChI is InChI=1S/C57H105NO5/c1-4-7-10-13-16-19-22-25-27-29-32-35-38-41-44-47-50-57(62)63-53(48-45-42-39-36-33-31-28-26-23-20-17-14-11-8-5-2)51-56(61)58-54(52-59)55(60)49-46-43-40-37-34-30-24-21-18-15-12-9-6-3/h17,20,26-29,33,36,53-55,59-60H,4-16,18-19,21-25,30-32,34-35,37-52H2,1-3H3,(H,58,61)/b20-17-,28-26-,29-27+,36-33-. The van der Waals surface area contributed by atoms with Gasteiger partial charge in [-0.25, -0.2) is 0 Å². The fraction of sp³-hybridized carbons (Fsp3) is 0.825. The van der Waals surface area contributed by atoms with Crippen molar-refractivity contribution in [2.24, 2.45) is 0 Å². The molecule has 63 heavy (non-hydrogen) atoms. The normalized spacial score (nSPS) is 13.5. The quantitative estimate of drug-likeness (QED) is 0.0321. The summed E-state index contributed by atoms with van der Waals surface area (Å²) in [5.74, 6) is -0.514. The second-order valence-electron chi connectivity index (χ2n) is 18.6. The Balaban J connectivity index is 4.64. The number of esters is 1. The van der Waals surface area contributed by atoms with E-state index in [9.17, 15) is 19.8 Å².